The highest BCUT2D eigenvalue weighted by atomic mass is 19.4. The number of carbonyl (C=O) groups is 2. The molecule has 2 bridgehead atoms. The number of nitro benzene ring substituents is 1. The van der Waals surface area contributed by atoms with Crippen LogP contribution < -0.4 is 4.90 Å². The summed E-state index contributed by atoms with van der Waals surface area (Å²) >= 11 is 0. The highest BCUT2D eigenvalue weighted by molar-refractivity contribution is 6.24. The smallest absolute Gasteiger partial charge is 0.302 e. The van der Waals surface area contributed by atoms with Crippen LogP contribution >= 0.6 is 0 Å². The van der Waals surface area contributed by atoms with Crippen LogP contribution in [0, 0.1) is 16.0 Å². The molecule has 0 N–H and O–H groups in total. The Balaban J connectivity index is 1.81. The van der Waals surface area contributed by atoms with Crippen molar-refractivity contribution in [1.29, 1.82) is 0 Å². The number of alkyl halides is 3. The minimum absolute atomic E-state index is 0.200. The Hall–Kier alpha value is -2.91. The first-order valence-electron chi connectivity index (χ1n) is 7.78. The first kappa shape index (κ1) is 16.6. The molecule has 0 saturated carbocycles. The predicted octanol–water partition coefficient (Wildman–Crippen LogP) is 3.10. The van der Waals surface area contributed by atoms with Gasteiger partial charge in [0.2, 0.25) is 0 Å². The molecule has 1 aromatic carbocycles. The Morgan fingerprint density at radius 2 is 1.96 bits per heavy atom. The molecule has 2 aliphatic heterocycles. The van der Waals surface area contributed by atoms with Crippen molar-refractivity contribution in [2.45, 2.75) is 31.1 Å². The Bertz CT molecular complexity index is 897. The SMILES string of the molecule is CC12C(=O)N(c3ccc([N+](=O)[O-])c(C(F)(F)F)c3)C(=O)N1C1C=CC2C1. The number of hydrogen-bond acceptors (Lipinski definition) is 4. The molecule has 0 spiro atoms. The Morgan fingerprint density at radius 1 is 1.27 bits per heavy atom. The van der Waals surface area contributed by atoms with Gasteiger partial charge in [0.05, 0.1) is 16.7 Å². The van der Waals surface area contributed by atoms with Gasteiger partial charge in [0.25, 0.3) is 11.6 Å². The van der Waals surface area contributed by atoms with Crippen molar-refractivity contribution in [3.8, 4) is 0 Å². The van der Waals surface area contributed by atoms with Gasteiger partial charge in [0.15, 0.2) is 0 Å². The summed E-state index contributed by atoms with van der Waals surface area (Å²) in [4.78, 5) is 37.5. The lowest BCUT2D eigenvalue weighted by atomic mass is 9.87. The van der Waals surface area contributed by atoms with Gasteiger partial charge >= 0.3 is 12.2 Å². The first-order valence-corrected chi connectivity index (χ1v) is 7.78. The molecule has 136 valence electrons. The van der Waals surface area contributed by atoms with E-state index in [9.17, 15) is 32.9 Å². The molecule has 2 heterocycles. The van der Waals surface area contributed by atoms with E-state index >= 15 is 0 Å². The molecular weight excluding hydrogens is 355 g/mol. The topological polar surface area (TPSA) is 83.8 Å². The molecule has 26 heavy (non-hydrogen) atoms. The number of urea groups is 1. The van der Waals surface area contributed by atoms with Crippen molar-refractivity contribution in [2.75, 3.05) is 4.90 Å². The number of nitro groups is 1. The van der Waals surface area contributed by atoms with Crippen molar-refractivity contribution in [1.82, 2.24) is 4.90 Å². The summed E-state index contributed by atoms with van der Waals surface area (Å²) in [5.41, 5.74) is -4.10. The van der Waals surface area contributed by atoms with Crippen LogP contribution in [-0.2, 0) is 11.0 Å². The third kappa shape index (κ3) is 1.89. The molecular formula is C16H12F3N3O4. The van der Waals surface area contributed by atoms with Gasteiger partial charge in [0.1, 0.15) is 11.1 Å². The zero-order valence-corrected chi connectivity index (χ0v) is 13.4. The fourth-order valence-corrected chi connectivity index (χ4v) is 4.11. The zero-order chi connectivity index (χ0) is 19.0. The van der Waals surface area contributed by atoms with Gasteiger partial charge in [-0.05, 0) is 25.5 Å². The first-order chi connectivity index (χ1) is 12.1. The van der Waals surface area contributed by atoms with Crippen LogP contribution in [-0.4, -0.2) is 33.3 Å². The average molecular weight is 367 g/mol. The summed E-state index contributed by atoms with van der Waals surface area (Å²) in [6.07, 6.45) is -0.744. The quantitative estimate of drug-likeness (QED) is 0.348. The third-order valence-corrected chi connectivity index (χ3v) is 5.39. The lowest BCUT2D eigenvalue weighted by Gasteiger charge is -2.32. The second kappa shape index (κ2) is 4.83. The van der Waals surface area contributed by atoms with E-state index in [-0.39, 0.29) is 17.6 Å². The van der Waals surface area contributed by atoms with Crippen LogP contribution in [0.15, 0.2) is 30.4 Å². The highest BCUT2D eigenvalue weighted by Gasteiger charge is 2.65. The number of rotatable bonds is 2. The van der Waals surface area contributed by atoms with Gasteiger partial charge in [-0.2, -0.15) is 13.2 Å². The minimum atomic E-state index is -5.00. The van der Waals surface area contributed by atoms with E-state index in [1.807, 2.05) is 6.08 Å². The monoisotopic (exact) mass is 367 g/mol. The molecule has 2 saturated heterocycles. The van der Waals surface area contributed by atoms with Crippen LogP contribution in [0.5, 0.6) is 0 Å². The Kier molecular flexibility index (Phi) is 3.08. The fourth-order valence-electron chi connectivity index (χ4n) is 4.11. The maximum atomic E-state index is 13.2. The predicted molar refractivity (Wildman–Crippen MR) is 82.3 cm³/mol. The second-order valence-electron chi connectivity index (χ2n) is 6.69. The molecule has 10 heteroatoms. The summed E-state index contributed by atoms with van der Waals surface area (Å²) in [7, 11) is 0. The molecule has 3 amide bonds. The number of imide groups is 1. The van der Waals surface area contributed by atoms with Crippen LogP contribution in [0.3, 0.4) is 0 Å². The number of carbonyl (C=O) groups excluding carboxylic acids is 2. The van der Waals surface area contributed by atoms with Crippen molar-refractivity contribution in [3.05, 3.63) is 46.0 Å². The Morgan fingerprint density at radius 3 is 2.54 bits per heavy atom. The maximum absolute atomic E-state index is 13.2. The lowest BCUT2D eigenvalue weighted by Crippen LogP contribution is -2.49. The number of hydrogen-bond donors (Lipinski definition) is 0. The molecule has 1 aromatic rings. The average Bonchev–Trinajstić information content (AvgIpc) is 3.18. The summed E-state index contributed by atoms with van der Waals surface area (Å²) < 4.78 is 39.6. The van der Waals surface area contributed by atoms with Gasteiger partial charge in [0, 0.05) is 12.0 Å². The highest BCUT2D eigenvalue weighted by Crippen LogP contribution is 2.51. The number of amides is 3. The van der Waals surface area contributed by atoms with Crippen LogP contribution in [0.1, 0.15) is 18.9 Å². The summed E-state index contributed by atoms with van der Waals surface area (Å²) in [6, 6.07) is 1.15. The summed E-state index contributed by atoms with van der Waals surface area (Å²) in [6.45, 7) is 1.59. The molecule has 0 aromatic heterocycles. The van der Waals surface area contributed by atoms with E-state index in [4.69, 9.17) is 0 Å². The largest absolute Gasteiger partial charge is 0.423 e. The second-order valence-corrected chi connectivity index (χ2v) is 6.69. The maximum Gasteiger partial charge on any atom is 0.423 e. The molecule has 3 atom stereocenters. The molecule has 0 radical (unpaired) electrons. The van der Waals surface area contributed by atoms with E-state index < -0.39 is 39.8 Å². The van der Waals surface area contributed by atoms with Crippen LogP contribution in [0.4, 0.5) is 29.3 Å². The number of nitrogens with zero attached hydrogens (tertiary/aromatic N) is 3. The van der Waals surface area contributed by atoms with E-state index in [2.05, 4.69) is 0 Å². The van der Waals surface area contributed by atoms with E-state index in [1.165, 1.54) is 4.90 Å². The van der Waals surface area contributed by atoms with E-state index in [1.54, 1.807) is 13.0 Å². The number of fused-ring (bicyclic) bond motifs is 5. The molecule has 4 rings (SSSR count). The lowest BCUT2D eigenvalue weighted by molar-refractivity contribution is -0.388. The summed E-state index contributed by atoms with van der Waals surface area (Å²) in [5, 5.41) is 10.9. The molecule has 3 aliphatic rings. The van der Waals surface area contributed by atoms with Crippen LogP contribution in [0.25, 0.3) is 0 Å². The van der Waals surface area contributed by atoms with Gasteiger partial charge in [-0.3, -0.25) is 14.9 Å². The minimum Gasteiger partial charge on any atom is -0.302 e. The van der Waals surface area contributed by atoms with Gasteiger partial charge in [-0.15, -0.1) is 0 Å². The number of anilines is 1. The number of halogens is 3. The normalized spacial score (nSPS) is 29.7. The number of benzene rings is 1. The van der Waals surface area contributed by atoms with Crippen molar-refractivity contribution in [3.63, 3.8) is 0 Å². The molecule has 1 aliphatic carbocycles. The van der Waals surface area contributed by atoms with Crippen LogP contribution in [0.2, 0.25) is 0 Å². The van der Waals surface area contributed by atoms with Gasteiger partial charge in [-0.1, -0.05) is 12.2 Å². The Labute approximate surface area is 144 Å². The fraction of sp³-hybridized carbons (Fsp3) is 0.375. The summed E-state index contributed by atoms with van der Waals surface area (Å²) in [5.74, 6) is -0.824. The zero-order valence-electron chi connectivity index (χ0n) is 13.4. The third-order valence-electron chi connectivity index (χ3n) is 5.39. The van der Waals surface area contributed by atoms with E-state index in [0.717, 1.165) is 6.07 Å². The standard InChI is InChI=1S/C16H12F3N3O4/c1-15-8-2-3-10(6-8)21(15)14(24)20(13(15)23)9-4-5-12(22(25)26)11(7-9)16(17,18)19/h2-5,7-8,10H,6H2,1H3. The van der Waals surface area contributed by atoms with E-state index in [0.29, 0.717) is 23.5 Å². The van der Waals surface area contributed by atoms with Gasteiger partial charge < -0.3 is 4.90 Å². The van der Waals surface area contributed by atoms with Crippen molar-refractivity contribution >= 4 is 23.3 Å². The van der Waals surface area contributed by atoms with Crippen molar-refractivity contribution in [2.24, 2.45) is 5.92 Å². The van der Waals surface area contributed by atoms with Gasteiger partial charge in [-0.25, -0.2) is 9.69 Å². The molecule has 3 unspecified atom stereocenters. The molecule has 2 fully saturated rings. The molecule has 7 nitrogen and oxygen atoms in total. The van der Waals surface area contributed by atoms with Crippen molar-refractivity contribution < 1.29 is 27.7 Å².